The average molecular weight is 504 g/mol. The fraction of sp³-hybridized carbons (Fsp3) is 0.235. The van der Waals surface area contributed by atoms with E-state index in [9.17, 15) is 22.8 Å². The van der Waals surface area contributed by atoms with E-state index in [1.807, 2.05) is 5.32 Å². The van der Waals surface area contributed by atoms with Crippen LogP contribution in [0.4, 0.5) is 10.5 Å². The summed E-state index contributed by atoms with van der Waals surface area (Å²) in [5, 5.41) is 1.87. The van der Waals surface area contributed by atoms with Crippen molar-refractivity contribution >= 4 is 60.9 Å². The van der Waals surface area contributed by atoms with Gasteiger partial charge in [0.2, 0.25) is 0 Å². The van der Waals surface area contributed by atoms with Gasteiger partial charge in [0.25, 0.3) is 15.9 Å². The molecule has 0 aliphatic heterocycles. The molecule has 0 saturated carbocycles. The lowest BCUT2D eigenvalue weighted by Gasteiger charge is -2.20. The lowest BCUT2D eigenvalue weighted by molar-refractivity contribution is -0.130. The summed E-state index contributed by atoms with van der Waals surface area (Å²) in [6, 6.07) is 7.73. The lowest BCUT2D eigenvalue weighted by Crippen LogP contribution is -2.45. The molecule has 156 valence electrons. The van der Waals surface area contributed by atoms with Crippen molar-refractivity contribution in [2.24, 2.45) is 11.7 Å². The van der Waals surface area contributed by atoms with Crippen LogP contribution in [0, 0.1) is 5.92 Å². The quantitative estimate of drug-likeness (QED) is 0.495. The molecule has 1 heterocycles. The predicted molar refractivity (Wildman–Crippen MR) is 111 cm³/mol. The van der Waals surface area contributed by atoms with Crippen LogP contribution in [0.1, 0.15) is 24.2 Å². The van der Waals surface area contributed by atoms with Gasteiger partial charge >= 0.3 is 12.0 Å². The number of rotatable bonds is 7. The summed E-state index contributed by atoms with van der Waals surface area (Å²) in [4.78, 5) is 35.6. The standard InChI is InChI=1S/C17H18BrN3O6S2/c1-9(2)14(15(22)20-17(19)24)27-16(23)10-5-3-4-6-11(10)21-29(25,26)13-8-7-12(18)28-13/h3-9,14,21H,1-2H3,(H3,19,20,22,24). The van der Waals surface area contributed by atoms with Crippen LogP contribution in [0.3, 0.4) is 0 Å². The van der Waals surface area contributed by atoms with E-state index in [4.69, 9.17) is 10.5 Å². The number of sulfonamides is 1. The van der Waals surface area contributed by atoms with Crippen molar-refractivity contribution in [2.75, 3.05) is 4.72 Å². The number of primary amides is 1. The van der Waals surface area contributed by atoms with Crippen LogP contribution >= 0.6 is 27.3 Å². The largest absolute Gasteiger partial charge is 0.448 e. The molecule has 0 spiro atoms. The molecule has 9 nitrogen and oxygen atoms in total. The maximum absolute atomic E-state index is 12.6. The SMILES string of the molecule is CC(C)C(OC(=O)c1ccccc1NS(=O)(=O)c1ccc(Br)s1)C(=O)NC(N)=O. The van der Waals surface area contributed by atoms with Gasteiger partial charge in [-0.05, 0) is 46.1 Å². The molecule has 3 amide bonds. The maximum atomic E-state index is 12.6. The highest BCUT2D eigenvalue weighted by Gasteiger charge is 2.29. The fourth-order valence-corrected chi connectivity index (χ4v) is 5.34. The molecule has 4 N–H and O–H groups in total. The summed E-state index contributed by atoms with van der Waals surface area (Å²) in [5.41, 5.74) is 4.83. The van der Waals surface area contributed by atoms with Crippen molar-refractivity contribution < 1.29 is 27.5 Å². The van der Waals surface area contributed by atoms with Crippen LogP contribution in [0.25, 0.3) is 0 Å². The third kappa shape index (κ3) is 6.02. The lowest BCUT2D eigenvalue weighted by atomic mass is 10.1. The molecule has 29 heavy (non-hydrogen) atoms. The zero-order valence-electron chi connectivity index (χ0n) is 15.3. The van der Waals surface area contributed by atoms with Crippen LogP contribution in [-0.2, 0) is 19.6 Å². The number of esters is 1. The zero-order chi connectivity index (χ0) is 21.8. The summed E-state index contributed by atoms with van der Waals surface area (Å²) >= 11 is 4.21. The van der Waals surface area contributed by atoms with Crippen LogP contribution in [0.5, 0.6) is 0 Å². The number of hydrogen-bond donors (Lipinski definition) is 3. The van der Waals surface area contributed by atoms with Gasteiger partial charge in [-0.25, -0.2) is 18.0 Å². The number of halogens is 1. The number of nitrogens with two attached hydrogens (primary N) is 1. The van der Waals surface area contributed by atoms with Gasteiger partial charge < -0.3 is 10.5 Å². The number of benzene rings is 1. The Morgan fingerprint density at radius 3 is 2.34 bits per heavy atom. The molecule has 1 aromatic heterocycles. The highest BCUT2D eigenvalue weighted by molar-refractivity contribution is 9.11. The van der Waals surface area contributed by atoms with Crippen molar-refractivity contribution in [1.29, 1.82) is 0 Å². The molecule has 0 saturated heterocycles. The Morgan fingerprint density at radius 2 is 1.79 bits per heavy atom. The number of nitrogens with one attached hydrogen (secondary N) is 2. The van der Waals surface area contributed by atoms with Gasteiger partial charge in [0, 0.05) is 0 Å². The van der Waals surface area contributed by atoms with E-state index in [2.05, 4.69) is 20.7 Å². The van der Waals surface area contributed by atoms with Gasteiger partial charge in [-0.15, -0.1) is 11.3 Å². The number of anilines is 1. The minimum atomic E-state index is -3.94. The monoisotopic (exact) mass is 503 g/mol. The molecule has 2 rings (SSSR count). The summed E-state index contributed by atoms with van der Waals surface area (Å²) < 4.78 is 33.4. The van der Waals surface area contributed by atoms with E-state index in [-0.39, 0.29) is 15.5 Å². The fourth-order valence-electron chi connectivity index (χ4n) is 2.25. The minimum absolute atomic E-state index is 0.0140. The Labute approximate surface area is 179 Å². The summed E-state index contributed by atoms with van der Waals surface area (Å²) in [6.45, 7) is 3.23. The number of para-hydroxylation sites is 1. The van der Waals surface area contributed by atoms with Crippen LogP contribution in [0.2, 0.25) is 0 Å². The number of imide groups is 1. The van der Waals surface area contributed by atoms with Gasteiger partial charge in [-0.1, -0.05) is 26.0 Å². The summed E-state index contributed by atoms with van der Waals surface area (Å²) in [5.74, 6) is -2.28. The Bertz CT molecular complexity index is 1040. The second-order valence-electron chi connectivity index (χ2n) is 6.13. The molecule has 0 radical (unpaired) electrons. The van der Waals surface area contributed by atoms with Gasteiger partial charge in [0.1, 0.15) is 4.21 Å². The van der Waals surface area contributed by atoms with Gasteiger partial charge in [0.15, 0.2) is 6.10 Å². The second kappa shape index (κ2) is 9.37. The molecule has 1 unspecified atom stereocenters. The van der Waals surface area contributed by atoms with Gasteiger partial charge in [0.05, 0.1) is 15.0 Å². The van der Waals surface area contributed by atoms with Crippen molar-refractivity contribution in [3.05, 3.63) is 45.7 Å². The molecule has 0 aliphatic rings. The topological polar surface area (TPSA) is 145 Å². The van der Waals surface area contributed by atoms with E-state index in [0.717, 1.165) is 11.3 Å². The molecule has 1 aromatic carbocycles. The Morgan fingerprint density at radius 1 is 1.14 bits per heavy atom. The van der Waals surface area contributed by atoms with Crippen molar-refractivity contribution in [3.63, 3.8) is 0 Å². The summed E-state index contributed by atoms with van der Waals surface area (Å²) in [7, 11) is -3.94. The first kappa shape index (κ1) is 22.8. The molecular weight excluding hydrogens is 486 g/mol. The number of carbonyl (C=O) groups excluding carboxylic acids is 3. The normalized spacial score (nSPS) is 12.3. The average Bonchev–Trinajstić information content (AvgIpc) is 3.06. The highest BCUT2D eigenvalue weighted by Crippen LogP contribution is 2.29. The number of urea groups is 1. The minimum Gasteiger partial charge on any atom is -0.448 e. The first-order chi connectivity index (χ1) is 13.5. The number of amides is 3. The Balaban J connectivity index is 2.28. The maximum Gasteiger partial charge on any atom is 0.341 e. The number of carbonyl (C=O) groups is 3. The number of thiophene rings is 1. The zero-order valence-corrected chi connectivity index (χ0v) is 18.6. The van der Waals surface area contributed by atoms with E-state index in [1.54, 1.807) is 26.0 Å². The predicted octanol–water partition coefficient (Wildman–Crippen LogP) is 2.69. The van der Waals surface area contributed by atoms with E-state index in [0.29, 0.717) is 3.79 Å². The van der Waals surface area contributed by atoms with E-state index < -0.39 is 40.0 Å². The van der Waals surface area contributed by atoms with Crippen molar-refractivity contribution in [1.82, 2.24) is 5.32 Å². The highest BCUT2D eigenvalue weighted by atomic mass is 79.9. The first-order valence-electron chi connectivity index (χ1n) is 8.19. The molecule has 0 aliphatic carbocycles. The molecule has 0 fully saturated rings. The van der Waals surface area contributed by atoms with E-state index >= 15 is 0 Å². The van der Waals surface area contributed by atoms with Gasteiger partial charge in [-0.2, -0.15) is 0 Å². The number of hydrogen-bond acceptors (Lipinski definition) is 7. The van der Waals surface area contributed by atoms with E-state index in [1.165, 1.54) is 24.3 Å². The van der Waals surface area contributed by atoms with Crippen LogP contribution in [-0.4, -0.2) is 32.4 Å². The number of ether oxygens (including phenoxy) is 1. The first-order valence-corrected chi connectivity index (χ1v) is 11.3. The summed E-state index contributed by atoms with van der Waals surface area (Å²) in [6.07, 6.45) is -1.30. The molecule has 0 bridgehead atoms. The second-order valence-corrected chi connectivity index (χ2v) is 10.5. The van der Waals surface area contributed by atoms with Gasteiger partial charge in [-0.3, -0.25) is 14.8 Å². The third-order valence-electron chi connectivity index (χ3n) is 3.55. The molecule has 2 aromatic rings. The molecular formula is C17H18BrN3O6S2. The van der Waals surface area contributed by atoms with Crippen molar-refractivity contribution in [3.8, 4) is 0 Å². The Hall–Kier alpha value is -2.44. The Kier molecular flexibility index (Phi) is 7.38. The third-order valence-corrected chi connectivity index (χ3v) is 7.03. The molecule has 12 heteroatoms. The van der Waals surface area contributed by atoms with Crippen molar-refractivity contribution in [2.45, 2.75) is 24.2 Å². The molecule has 1 atom stereocenters. The van der Waals surface area contributed by atoms with Crippen LogP contribution in [0.15, 0.2) is 44.4 Å². The smallest absolute Gasteiger partial charge is 0.341 e. The van der Waals surface area contributed by atoms with Crippen LogP contribution < -0.4 is 15.8 Å².